The number of H-pyrrole nitrogens is 1. The highest BCUT2D eigenvalue weighted by Gasteiger charge is 2.23. The van der Waals surface area contributed by atoms with Gasteiger partial charge in [0.05, 0.1) is 23.4 Å². The zero-order valence-corrected chi connectivity index (χ0v) is 13.4. The fraction of sp³-hybridized carbons (Fsp3) is 0.0588. The van der Waals surface area contributed by atoms with Crippen LogP contribution in [0.1, 0.15) is 15.9 Å². The lowest BCUT2D eigenvalue weighted by Gasteiger charge is -2.08. The number of anilines is 1. The number of aromatic carboxylic acids is 1. The van der Waals surface area contributed by atoms with Gasteiger partial charge in [0.1, 0.15) is 0 Å². The normalized spacial score (nSPS) is 13.2. The molecule has 3 N–H and O–H groups in total. The van der Waals surface area contributed by atoms with Gasteiger partial charge in [-0.2, -0.15) is 0 Å². The van der Waals surface area contributed by atoms with Gasteiger partial charge in [0, 0.05) is 20.9 Å². The molecule has 1 amide bonds. The topological polar surface area (TPSA) is 82.2 Å². The largest absolute Gasteiger partial charge is 0.478 e. The van der Waals surface area contributed by atoms with Crippen molar-refractivity contribution in [3.05, 3.63) is 52.0 Å². The Labute approximate surface area is 139 Å². The van der Waals surface area contributed by atoms with E-state index in [1.54, 1.807) is 12.1 Å². The maximum Gasteiger partial charge on any atom is 0.335 e. The molecule has 0 radical (unpaired) electrons. The number of aromatic amines is 1. The lowest BCUT2D eigenvalue weighted by molar-refractivity contribution is -0.115. The number of hydrogen-bond donors (Lipinski definition) is 3. The van der Waals surface area contributed by atoms with E-state index >= 15 is 0 Å². The highest BCUT2D eigenvalue weighted by molar-refractivity contribution is 9.10. The Morgan fingerprint density at radius 1 is 1.17 bits per heavy atom. The summed E-state index contributed by atoms with van der Waals surface area (Å²) in [5, 5.41) is 13.0. The number of carboxylic acid groups (broad SMARTS) is 1. The molecule has 1 aliphatic rings. The van der Waals surface area contributed by atoms with Crippen molar-refractivity contribution in [2.75, 3.05) is 5.32 Å². The number of carbonyl (C=O) groups is 2. The lowest BCUT2D eigenvalue weighted by atomic mass is 10.0. The molecular weight excluding hydrogens is 360 g/mol. The van der Waals surface area contributed by atoms with E-state index in [-0.39, 0.29) is 17.9 Å². The van der Waals surface area contributed by atoms with Crippen LogP contribution in [0.2, 0.25) is 0 Å². The fourth-order valence-electron chi connectivity index (χ4n) is 2.98. The van der Waals surface area contributed by atoms with Crippen LogP contribution in [0.3, 0.4) is 0 Å². The highest BCUT2D eigenvalue weighted by atomic mass is 79.9. The molecule has 0 bridgehead atoms. The van der Waals surface area contributed by atoms with Crippen LogP contribution in [0.15, 0.2) is 40.9 Å². The molecule has 0 saturated carbocycles. The monoisotopic (exact) mass is 370 g/mol. The Morgan fingerprint density at radius 3 is 2.78 bits per heavy atom. The molecule has 5 nitrogen and oxygen atoms in total. The average molecular weight is 371 g/mol. The second-order valence-corrected chi connectivity index (χ2v) is 6.37. The van der Waals surface area contributed by atoms with Crippen molar-refractivity contribution < 1.29 is 14.7 Å². The van der Waals surface area contributed by atoms with Crippen molar-refractivity contribution in [3.63, 3.8) is 0 Å². The summed E-state index contributed by atoms with van der Waals surface area (Å²) in [4.78, 5) is 26.8. The van der Waals surface area contributed by atoms with E-state index in [0.29, 0.717) is 11.3 Å². The van der Waals surface area contributed by atoms with Crippen molar-refractivity contribution in [1.29, 1.82) is 0 Å². The van der Waals surface area contributed by atoms with Gasteiger partial charge in [-0.3, -0.25) is 4.79 Å². The molecule has 6 heteroatoms. The Hall–Kier alpha value is -2.60. The lowest BCUT2D eigenvalue weighted by Crippen LogP contribution is -2.12. The first-order chi connectivity index (χ1) is 11.0. The molecule has 3 aromatic rings. The molecule has 2 aromatic carbocycles. The third-order valence-electron chi connectivity index (χ3n) is 4.02. The molecule has 2 heterocycles. The number of halogens is 1. The van der Waals surface area contributed by atoms with Crippen LogP contribution >= 0.6 is 15.9 Å². The number of aromatic nitrogens is 1. The van der Waals surface area contributed by atoms with E-state index in [4.69, 9.17) is 0 Å². The standard InChI is InChI=1S/C17H11BrN2O3/c18-9-2-4-13-10(6-9)11-7-15(21)19-14-3-1-8(17(22)23)5-12(14)16(11)20-13/h1-6,20H,7H2,(H,19,21)(H,22,23). The number of fused-ring (bicyclic) bond motifs is 5. The second-order valence-electron chi connectivity index (χ2n) is 5.46. The van der Waals surface area contributed by atoms with E-state index in [1.165, 1.54) is 6.07 Å². The zero-order chi connectivity index (χ0) is 16.1. The van der Waals surface area contributed by atoms with E-state index in [2.05, 4.69) is 26.2 Å². The molecule has 4 rings (SSSR count). The Bertz CT molecular complexity index is 991. The van der Waals surface area contributed by atoms with Crippen LogP contribution in [-0.2, 0) is 11.2 Å². The zero-order valence-electron chi connectivity index (χ0n) is 11.8. The number of rotatable bonds is 1. The van der Waals surface area contributed by atoms with Gasteiger partial charge in [0.2, 0.25) is 5.91 Å². The summed E-state index contributed by atoms with van der Waals surface area (Å²) < 4.78 is 0.927. The summed E-state index contributed by atoms with van der Waals surface area (Å²) in [6.45, 7) is 0. The fourth-order valence-corrected chi connectivity index (χ4v) is 3.34. The predicted molar refractivity (Wildman–Crippen MR) is 90.7 cm³/mol. The van der Waals surface area contributed by atoms with E-state index in [9.17, 15) is 14.7 Å². The summed E-state index contributed by atoms with van der Waals surface area (Å²) in [6, 6.07) is 10.5. The van der Waals surface area contributed by atoms with Gasteiger partial charge in [0.15, 0.2) is 0 Å². The van der Waals surface area contributed by atoms with Crippen LogP contribution in [0.4, 0.5) is 5.69 Å². The van der Waals surface area contributed by atoms with Gasteiger partial charge in [0.25, 0.3) is 0 Å². The predicted octanol–water partition coefficient (Wildman–Crippen LogP) is 3.79. The Kier molecular flexibility index (Phi) is 3.02. The smallest absolute Gasteiger partial charge is 0.335 e. The SMILES string of the molecule is O=C1Cc2c([nH]c3ccc(Br)cc23)-c2cc(C(=O)O)ccc2N1. The molecule has 1 aromatic heterocycles. The molecular formula is C17H11BrN2O3. The van der Waals surface area contributed by atoms with Gasteiger partial charge >= 0.3 is 5.97 Å². The minimum atomic E-state index is -0.997. The van der Waals surface area contributed by atoms with E-state index in [0.717, 1.165) is 26.6 Å². The molecule has 23 heavy (non-hydrogen) atoms. The van der Waals surface area contributed by atoms with Crippen molar-refractivity contribution in [3.8, 4) is 11.3 Å². The van der Waals surface area contributed by atoms with Gasteiger partial charge < -0.3 is 15.4 Å². The molecule has 114 valence electrons. The summed E-state index contributed by atoms with van der Waals surface area (Å²) in [7, 11) is 0. The number of carboxylic acids is 1. The first-order valence-electron chi connectivity index (χ1n) is 7.00. The van der Waals surface area contributed by atoms with Crippen LogP contribution < -0.4 is 5.32 Å². The second kappa shape index (κ2) is 4.96. The van der Waals surface area contributed by atoms with Crippen LogP contribution in [0.5, 0.6) is 0 Å². The number of hydrogen-bond acceptors (Lipinski definition) is 2. The van der Waals surface area contributed by atoms with E-state index in [1.807, 2.05) is 18.2 Å². The number of carbonyl (C=O) groups excluding carboxylic acids is 1. The molecule has 0 saturated heterocycles. The third kappa shape index (κ3) is 2.22. The third-order valence-corrected chi connectivity index (χ3v) is 4.51. The number of nitrogens with one attached hydrogen (secondary N) is 2. The van der Waals surface area contributed by atoms with Crippen molar-refractivity contribution in [2.45, 2.75) is 6.42 Å². The van der Waals surface area contributed by atoms with Gasteiger partial charge in [-0.1, -0.05) is 15.9 Å². The summed E-state index contributed by atoms with van der Waals surface area (Å²) >= 11 is 3.45. The molecule has 0 aliphatic carbocycles. The minimum absolute atomic E-state index is 0.117. The van der Waals surface area contributed by atoms with Gasteiger partial charge in [-0.25, -0.2) is 4.79 Å². The van der Waals surface area contributed by atoms with Crippen LogP contribution in [-0.4, -0.2) is 22.0 Å². The Morgan fingerprint density at radius 2 is 2.00 bits per heavy atom. The summed E-state index contributed by atoms with van der Waals surface area (Å²) in [6.07, 6.45) is 0.239. The summed E-state index contributed by atoms with van der Waals surface area (Å²) in [5.41, 5.74) is 4.07. The first kappa shape index (κ1) is 14.0. The molecule has 0 spiro atoms. The molecule has 1 aliphatic heterocycles. The average Bonchev–Trinajstić information content (AvgIpc) is 2.78. The minimum Gasteiger partial charge on any atom is -0.478 e. The molecule has 0 atom stereocenters. The quantitative estimate of drug-likeness (QED) is 0.609. The van der Waals surface area contributed by atoms with E-state index < -0.39 is 5.97 Å². The summed E-state index contributed by atoms with van der Waals surface area (Å²) in [5.74, 6) is -1.11. The van der Waals surface area contributed by atoms with Gasteiger partial charge in [-0.05, 0) is 42.0 Å². The van der Waals surface area contributed by atoms with Crippen LogP contribution in [0, 0.1) is 0 Å². The number of benzene rings is 2. The maximum absolute atomic E-state index is 12.2. The maximum atomic E-state index is 12.2. The molecule has 0 fully saturated rings. The van der Waals surface area contributed by atoms with Crippen molar-refractivity contribution in [1.82, 2.24) is 4.98 Å². The first-order valence-corrected chi connectivity index (χ1v) is 7.80. The Balaban J connectivity index is 2.06. The van der Waals surface area contributed by atoms with Crippen LogP contribution in [0.25, 0.3) is 22.2 Å². The van der Waals surface area contributed by atoms with Gasteiger partial charge in [-0.15, -0.1) is 0 Å². The highest BCUT2D eigenvalue weighted by Crippen LogP contribution is 2.38. The molecule has 0 unspecified atom stereocenters. The van der Waals surface area contributed by atoms with Crippen molar-refractivity contribution in [2.24, 2.45) is 0 Å². The number of amides is 1. The van der Waals surface area contributed by atoms with Crippen molar-refractivity contribution >= 4 is 44.4 Å².